The van der Waals surface area contributed by atoms with Crippen molar-refractivity contribution in [2.75, 3.05) is 6.54 Å². The van der Waals surface area contributed by atoms with E-state index in [2.05, 4.69) is 15.6 Å². The van der Waals surface area contributed by atoms with E-state index in [1.165, 1.54) is 12.3 Å². The van der Waals surface area contributed by atoms with Crippen molar-refractivity contribution >= 4 is 11.8 Å². The molecule has 3 heterocycles. The van der Waals surface area contributed by atoms with E-state index in [9.17, 15) is 14.4 Å². The van der Waals surface area contributed by atoms with Crippen LogP contribution < -0.4 is 16.2 Å². The summed E-state index contributed by atoms with van der Waals surface area (Å²) in [7, 11) is 0. The first-order valence-corrected chi connectivity index (χ1v) is 7.01. The fourth-order valence-corrected chi connectivity index (χ4v) is 2.37. The van der Waals surface area contributed by atoms with E-state index in [0.29, 0.717) is 24.4 Å². The molecule has 1 atom stereocenters. The van der Waals surface area contributed by atoms with Gasteiger partial charge in [-0.1, -0.05) is 0 Å². The first-order chi connectivity index (χ1) is 10.6. The summed E-state index contributed by atoms with van der Waals surface area (Å²) in [6.45, 7) is 0.615. The maximum atomic E-state index is 12.1. The predicted molar refractivity (Wildman–Crippen MR) is 78.3 cm³/mol. The van der Waals surface area contributed by atoms with Crippen LogP contribution in [0.4, 0.5) is 0 Å². The van der Waals surface area contributed by atoms with Crippen LogP contribution >= 0.6 is 0 Å². The quantitative estimate of drug-likeness (QED) is 0.774. The van der Waals surface area contributed by atoms with E-state index in [0.717, 1.165) is 6.42 Å². The van der Waals surface area contributed by atoms with Crippen molar-refractivity contribution in [3.05, 3.63) is 46.4 Å². The number of pyridine rings is 1. The van der Waals surface area contributed by atoms with E-state index in [1.54, 1.807) is 18.2 Å². The predicted octanol–water partition coefficient (Wildman–Crippen LogP) is 0.643. The van der Waals surface area contributed by atoms with Crippen molar-refractivity contribution in [3.8, 4) is 11.5 Å². The molecule has 7 nitrogen and oxygen atoms in total. The van der Waals surface area contributed by atoms with E-state index < -0.39 is 17.5 Å². The van der Waals surface area contributed by atoms with Crippen LogP contribution in [0.5, 0.6) is 0 Å². The summed E-state index contributed by atoms with van der Waals surface area (Å²) < 4.78 is 5.19. The van der Waals surface area contributed by atoms with Gasteiger partial charge in [0.15, 0.2) is 0 Å². The number of piperidine rings is 1. The fraction of sp³-hybridized carbons (Fsp3) is 0.267. The number of amides is 2. The normalized spacial score (nSPS) is 17.8. The van der Waals surface area contributed by atoms with Gasteiger partial charge in [0.05, 0.1) is 12.0 Å². The highest BCUT2D eigenvalue weighted by Crippen LogP contribution is 2.15. The molecule has 1 aliphatic rings. The molecule has 3 rings (SSSR count). The van der Waals surface area contributed by atoms with Crippen molar-refractivity contribution in [3.63, 3.8) is 0 Å². The van der Waals surface area contributed by atoms with Gasteiger partial charge in [-0.25, -0.2) is 0 Å². The van der Waals surface area contributed by atoms with Crippen LogP contribution in [-0.4, -0.2) is 29.4 Å². The highest BCUT2D eigenvalue weighted by Gasteiger charge is 2.25. The lowest BCUT2D eigenvalue weighted by Crippen LogP contribution is -2.50. The standard InChI is InChI=1S/C15H15N3O4/c19-13-9(5-6-10(17-13)12-4-2-8-22-12)14(20)18-11-3-1-7-16-15(11)21/h2,4-6,8,11H,1,3,7H2,(H,16,21)(H,17,19)(H,18,20)/t11-/m1/s1. The summed E-state index contributed by atoms with van der Waals surface area (Å²) in [4.78, 5) is 38.4. The minimum atomic E-state index is -0.592. The Balaban J connectivity index is 1.78. The lowest BCUT2D eigenvalue weighted by molar-refractivity contribution is -0.124. The average molecular weight is 301 g/mol. The van der Waals surface area contributed by atoms with Crippen molar-refractivity contribution < 1.29 is 14.0 Å². The molecule has 0 unspecified atom stereocenters. The maximum Gasteiger partial charge on any atom is 0.261 e. The van der Waals surface area contributed by atoms with Crippen LogP contribution in [0.25, 0.3) is 11.5 Å². The zero-order valence-electron chi connectivity index (χ0n) is 11.7. The molecule has 1 aliphatic heterocycles. The average Bonchev–Trinajstić information content (AvgIpc) is 3.03. The van der Waals surface area contributed by atoms with Gasteiger partial charge < -0.3 is 20.0 Å². The number of H-pyrrole nitrogens is 1. The summed E-state index contributed by atoms with van der Waals surface area (Å²) in [6.07, 6.45) is 2.86. The Bertz CT molecular complexity index is 748. The Hall–Kier alpha value is -2.83. The first kappa shape index (κ1) is 14.1. The lowest BCUT2D eigenvalue weighted by atomic mass is 10.1. The molecule has 1 saturated heterocycles. The molecule has 114 valence electrons. The molecule has 0 aromatic carbocycles. The number of carbonyl (C=O) groups excluding carboxylic acids is 2. The van der Waals surface area contributed by atoms with Crippen molar-refractivity contribution in [2.45, 2.75) is 18.9 Å². The Morgan fingerprint density at radius 3 is 2.82 bits per heavy atom. The number of furan rings is 1. The van der Waals surface area contributed by atoms with E-state index in [-0.39, 0.29) is 11.5 Å². The molecule has 0 aliphatic carbocycles. The second-order valence-electron chi connectivity index (χ2n) is 5.05. The van der Waals surface area contributed by atoms with Gasteiger partial charge in [0, 0.05) is 6.54 Å². The number of hydrogen-bond acceptors (Lipinski definition) is 4. The number of rotatable bonds is 3. The molecule has 2 aromatic rings. The highest BCUT2D eigenvalue weighted by molar-refractivity contribution is 5.97. The number of nitrogens with one attached hydrogen (secondary N) is 3. The molecule has 1 fully saturated rings. The molecule has 0 saturated carbocycles. The van der Waals surface area contributed by atoms with Crippen LogP contribution in [0.2, 0.25) is 0 Å². The van der Waals surface area contributed by atoms with Crippen LogP contribution in [0.15, 0.2) is 39.7 Å². The first-order valence-electron chi connectivity index (χ1n) is 7.01. The van der Waals surface area contributed by atoms with Crippen LogP contribution in [0.3, 0.4) is 0 Å². The smallest absolute Gasteiger partial charge is 0.261 e. The third-order valence-electron chi connectivity index (χ3n) is 3.53. The second kappa shape index (κ2) is 5.88. The SMILES string of the molecule is O=C(N[C@@H]1CCCNC1=O)c1ccc(-c2ccco2)[nH]c1=O. The van der Waals surface area contributed by atoms with Crippen molar-refractivity contribution in [2.24, 2.45) is 0 Å². The minimum absolute atomic E-state index is 0.0336. The summed E-state index contributed by atoms with van der Waals surface area (Å²) in [5.41, 5.74) is -0.0711. The molecular weight excluding hydrogens is 286 g/mol. The molecule has 2 aromatic heterocycles. The van der Waals surface area contributed by atoms with Gasteiger partial charge in [-0.05, 0) is 37.1 Å². The zero-order chi connectivity index (χ0) is 15.5. The molecule has 3 N–H and O–H groups in total. The Kier molecular flexibility index (Phi) is 3.78. The Morgan fingerprint density at radius 2 is 2.14 bits per heavy atom. The minimum Gasteiger partial charge on any atom is -0.463 e. The number of aromatic nitrogens is 1. The van der Waals surface area contributed by atoms with E-state index in [4.69, 9.17) is 4.42 Å². The van der Waals surface area contributed by atoms with Gasteiger partial charge in [-0.3, -0.25) is 14.4 Å². The molecular formula is C15H15N3O4. The summed E-state index contributed by atoms with van der Waals surface area (Å²) >= 11 is 0. The third-order valence-corrected chi connectivity index (χ3v) is 3.53. The van der Waals surface area contributed by atoms with Crippen LogP contribution in [0.1, 0.15) is 23.2 Å². The van der Waals surface area contributed by atoms with Gasteiger partial charge in [0.1, 0.15) is 17.4 Å². The van der Waals surface area contributed by atoms with Gasteiger partial charge in [0.25, 0.3) is 11.5 Å². The Labute approximate surface area is 125 Å². The number of aromatic amines is 1. The van der Waals surface area contributed by atoms with E-state index in [1.807, 2.05) is 0 Å². The van der Waals surface area contributed by atoms with Gasteiger partial charge in [0.2, 0.25) is 5.91 Å². The highest BCUT2D eigenvalue weighted by atomic mass is 16.3. The van der Waals surface area contributed by atoms with Gasteiger partial charge >= 0.3 is 0 Å². The molecule has 22 heavy (non-hydrogen) atoms. The summed E-state index contributed by atoms with van der Waals surface area (Å²) in [6, 6.07) is 5.83. The number of carbonyl (C=O) groups is 2. The monoisotopic (exact) mass is 301 g/mol. The zero-order valence-corrected chi connectivity index (χ0v) is 11.7. The molecule has 2 amide bonds. The van der Waals surface area contributed by atoms with Crippen molar-refractivity contribution in [1.82, 2.24) is 15.6 Å². The molecule has 7 heteroatoms. The molecule has 0 radical (unpaired) electrons. The number of hydrogen-bond donors (Lipinski definition) is 3. The summed E-state index contributed by atoms with van der Waals surface area (Å²) in [5, 5.41) is 5.26. The van der Waals surface area contributed by atoms with Crippen LogP contribution in [0, 0.1) is 0 Å². The van der Waals surface area contributed by atoms with Crippen LogP contribution in [-0.2, 0) is 4.79 Å². The lowest BCUT2D eigenvalue weighted by Gasteiger charge is -2.22. The maximum absolute atomic E-state index is 12.1. The third kappa shape index (κ3) is 2.78. The topological polar surface area (TPSA) is 104 Å². The molecule has 0 spiro atoms. The fourth-order valence-electron chi connectivity index (χ4n) is 2.37. The van der Waals surface area contributed by atoms with Gasteiger partial charge in [-0.15, -0.1) is 0 Å². The van der Waals surface area contributed by atoms with Gasteiger partial charge in [-0.2, -0.15) is 0 Å². The largest absolute Gasteiger partial charge is 0.463 e. The van der Waals surface area contributed by atoms with Crippen molar-refractivity contribution in [1.29, 1.82) is 0 Å². The van der Waals surface area contributed by atoms with E-state index >= 15 is 0 Å². The molecule has 0 bridgehead atoms. The Morgan fingerprint density at radius 1 is 1.27 bits per heavy atom. The second-order valence-corrected chi connectivity index (χ2v) is 5.05. The summed E-state index contributed by atoms with van der Waals surface area (Å²) in [5.74, 6) is -0.270.